The predicted molar refractivity (Wildman–Crippen MR) is 138 cm³/mol. The highest BCUT2D eigenvalue weighted by molar-refractivity contribution is 6.05. The molecule has 39 heavy (non-hydrogen) atoms. The molecule has 3 amide bonds. The van der Waals surface area contributed by atoms with Gasteiger partial charge < -0.3 is 19.4 Å². The molecule has 4 heterocycles. The zero-order valence-electron chi connectivity index (χ0n) is 21.7. The lowest BCUT2D eigenvalue weighted by Gasteiger charge is -2.29. The van der Waals surface area contributed by atoms with Crippen LogP contribution in [0.25, 0.3) is 11.5 Å². The van der Waals surface area contributed by atoms with Gasteiger partial charge in [0.25, 0.3) is 11.8 Å². The molecule has 1 unspecified atom stereocenters. The number of piperidine rings is 1. The van der Waals surface area contributed by atoms with Gasteiger partial charge in [-0.3, -0.25) is 19.7 Å². The molecule has 2 saturated carbocycles. The number of carbonyl (C=O) groups is 3. The molecule has 2 aromatic heterocycles. The largest absolute Gasteiger partial charge is 0.474 e. The van der Waals surface area contributed by atoms with E-state index in [1.165, 1.54) is 0 Å². The number of fused-ring (bicyclic) bond motifs is 1. The highest BCUT2D eigenvalue weighted by Crippen LogP contribution is 2.49. The summed E-state index contributed by atoms with van der Waals surface area (Å²) in [4.78, 5) is 43.5. The summed E-state index contributed by atoms with van der Waals surface area (Å²) in [6.07, 6.45) is 4.68. The van der Waals surface area contributed by atoms with Gasteiger partial charge in [0.05, 0.1) is 16.8 Å². The lowest BCUT2D eigenvalue weighted by Crippen LogP contribution is -2.52. The summed E-state index contributed by atoms with van der Waals surface area (Å²) in [5, 5.41) is 14.2. The van der Waals surface area contributed by atoms with Crippen molar-refractivity contribution in [3.8, 4) is 17.3 Å². The molecular formula is C28H28N6O5. The summed E-state index contributed by atoms with van der Waals surface area (Å²) in [5.41, 5.74) is 4.55. The second-order valence-corrected chi connectivity index (χ2v) is 10.9. The van der Waals surface area contributed by atoms with Gasteiger partial charge in [0.15, 0.2) is 0 Å². The number of carbonyl (C=O) groups excluding carboxylic acids is 3. The Kier molecular flexibility index (Phi) is 5.26. The molecule has 200 valence electrons. The number of rotatable bonds is 7. The highest BCUT2D eigenvalue weighted by Gasteiger charge is 2.47. The van der Waals surface area contributed by atoms with Gasteiger partial charge in [-0.05, 0) is 74.8 Å². The Bertz CT molecular complexity index is 1540. The predicted octanol–water partition coefficient (Wildman–Crippen LogP) is 3.15. The van der Waals surface area contributed by atoms with Crippen LogP contribution in [0.4, 0.5) is 6.01 Å². The number of nitrogens with one attached hydrogen (secondary N) is 2. The second kappa shape index (κ2) is 8.62. The Morgan fingerprint density at radius 2 is 1.90 bits per heavy atom. The summed E-state index contributed by atoms with van der Waals surface area (Å²) in [7, 11) is 0. The average Bonchev–Trinajstić information content (AvgIpc) is 3.80. The zero-order valence-corrected chi connectivity index (χ0v) is 21.7. The normalized spacial score (nSPS) is 21.5. The number of anilines is 1. The van der Waals surface area contributed by atoms with E-state index < -0.39 is 17.5 Å². The second-order valence-electron chi connectivity index (χ2n) is 10.9. The van der Waals surface area contributed by atoms with Gasteiger partial charge in [-0.15, -0.1) is 5.10 Å². The van der Waals surface area contributed by atoms with Crippen LogP contribution < -0.4 is 15.4 Å². The van der Waals surface area contributed by atoms with Crippen LogP contribution in [0, 0.1) is 13.8 Å². The summed E-state index contributed by atoms with van der Waals surface area (Å²) in [6, 6.07) is 7.37. The summed E-state index contributed by atoms with van der Waals surface area (Å²) >= 11 is 0. The maximum atomic E-state index is 13.4. The number of nitrogens with zero attached hydrogens (tertiary/aromatic N) is 4. The van der Waals surface area contributed by atoms with E-state index in [2.05, 4.69) is 31.9 Å². The van der Waals surface area contributed by atoms with Crippen LogP contribution in [0.2, 0.25) is 0 Å². The maximum Gasteiger partial charge on any atom is 0.316 e. The van der Waals surface area contributed by atoms with E-state index in [1.807, 2.05) is 32.0 Å². The van der Waals surface area contributed by atoms with Crippen LogP contribution in [0.15, 0.2) is 28.7 Å². The fraction of sp³-hybridized carbons (Fsp3) is 0.429. The third kappa shape index (κ3) is 4.21. The first-order valence-corrected chi connectivity index (χ1v) is 13.3. The average molecular weight is 529 g/mol. The lowest BCUT2D eigenvalue weighted by atomic mass is 9.95. The number of ether oxygens (including phenoxy) is 1. The molecular weight excluding hydrogens is 500 g/mol. The molecule has 3 fully saturated rings. The van der Waals surface area contributed by atoms with E-state index in [-0.39, 0.29) is 24.3 Å². The number of pyridine rings is 1. The Hall–Kier alpha value is -4.28. The minimum absolute atomic E-state index is 0.183. The number of benzene rings is 1. The van der Waals surface area contributed by atoms with E-state index >= 15 is 0 Å². The number of aromatic nitrogens is 3. The van der Waals surface area contributed by atoms with Crippen LogP contribution in [-0.2, 0) is 21.7 Å². The Morgan fingerprint density at radius 1 is 1.08 bits per heavy atom. The molecule has 0 radical (unpaired) electrons. The van der Waals surface area contributed by atoms with Crippen molar-refractivity contribution in [2.45, 2.75) is 76.6 Å². The van der Waals surface area contributed by atoms with Crippen LogP contribution in [0.3, 0.4) is 0 Å². The molecule has 11 heteroatoms. The van der Waals surface area contributed by atoms with E-state index in [4.69, 9.17) is 9.15 Å². The van der Waals surface area contributed by atoms with Gasteiger partial charge in [0, 0.05) is 24.6 Å². The third-order valence-electron chi connectivity index (χ3n) is 8.06. The highest BCUT2D eigenvalue weighted by atomic mass is 16.5. The molecule has 0 bridgehead atoms. The van der Waals surface area contributed by atoms with Crippen LogP contribution in [0.1, 0.15) is 71.3 Å². The number of imide groups is 1. The Morgan fingerprint density at radius 3 is 2.62 bits per heavy atom. The van der Waals surface area contributed by atoms with Gasteiger partial charge in [-0.1, -0.05) is 11.2 Å². The summed E-state index contributed by atoms with van der Waals surface area (Å²) in [5.74, 6) is 0.0873. The number of aryl methyl sites for hydroxylation is 2. The monoisotopic (exact) mass is 528 g/mol. The van der Waals surface area contributed by atoms with Crippen LogP contribution in [0.5, 0.6) is 5.88 Å². The van der Waals surface area contributed by atoms with Crippen molar-refractivity contribution in [2.24, 2.45) is 0 Å². The third-order valence-corrected chi connectivity index (χ3v) is 8.06. The van der Waals surface area contributed by atoms with Crippen molar-refractivity contribution < 1.29 is 23.5 Å². The van der Waals surface area contributed by atoms with Crippen molar-refractivity contribution in [3.05, 3.63) is 52.2 Å². The minimum atomic E-state index is -0.637. The lowest BCUT2D eigenvalue weighted by molar-refractivity contribution is -0.136. The minimum Gasteiger partial charge on any atom is -0.474 e. The molecule has 7 rings (SSSR count). The summed E-state index contributed by atoms with van der Waals surface area (Å²) in [6.45, 7) is 4.23. The van der Waals surface area contributed by atoms with E-state index in [1.54, 1.807) is 4.90 Å². The standard InChI is InChI=1S/C28H28N6O5/c1-14-11-16(12-19-20(14)13-34(26(19)37)21-6-7-22(35)30-24(21)36)28(9-10-28)31-27-33-32-25(39-27)18-5-8-23(29-15(18)2)38-17-3-4-17/h5,8,11-12,17,21H,3-4,6-7,9-10,13H2,1-2H3,(H,31,33)(H,30,35,36). The molecule has 1 atom stereocenters. The van der Waals surface area contributed by atoms with Gasteiger partial charge in [0.2, 0.25) is 17.7 Å². The van der Waals surface area contributed by atoms with Gasteiger partial charge in [0.1, 0.15) is 12.1 Å². The molecule has 2 aliphatic heterocycles. The van der Waals surface area contributed by atoms with Gasteiger partial charge in [-0.25, -0.2) is 4.98 Å². The molecule has 1 saturated heterocycles. The first-order chi connectivity index (χ1) is 18.8. The van der Waals surface area contributed by atoms with Crippen molar-refractivity contribution in [3.63, 3.8) is 0 Å². The fourth-order valence-electron chi connectivity index (χ4n) is 5.51. The molecule has 2 aliphatic carbocycles. The van der Waals surface area contributed by atoms with Crippen molar-refractivity contribution in [1.82, 2.24) is 25.4 Å². The number of hydrogen-bond acceptors (Lipinski definition) is 9. The van der Waals surface area contributed by atoms with E-state index in [0.29, 0.717) is 36.3 Å². The molecule has 1 aromatic carbocycles. The quantitative estimate of drug-likeness (QED) is 0.443. The molecule has 3 aromatic rings. The smallest absolute Gasteiger partial charge is 0.316 e. The van der Waals surface area contributed by atoms with Crippen molar-refractivity contribution in [2.75, 3.05) is 5.32 Å². The van der Waals surface area contributed by atoms with Gasteiger partial charge in [-0.2, -0.15) is 0 Å². The summed E-state index contributed by atoms with van der Waals surface area (Å²) < 4.78 is 11.8. The van der Waals surface area contributed by atoms with Crippen LogP contribution in [-0.4, -0.2) is 49.9 Å². The molecule has 4 aliphatic rings. The van der Waals surface area contributed by atoms with Gasteiger partial charge >= 0.3 is 6.01 Å². The van der Waals surface area contributed by atoms with E-state index in [0.717, 1.165) is 53.6 Å². The van der Waals surface area contributed by atoms with E-state index in [9.17, 15) is 14.4 Å². The fourth-order valence-corrected chi connectivity index (χ4v) is 5.51. The zero-order chi connectivity index (χ0) is 26.9. The number of hydrogen-bond donors (Lipinski definition) is 2. The van der Waals surface area contributed by atoms with Crippen LogP contribution >= 0.6 is 0 Å². The first-order valence-electron chi connectivity index (χ1n) is 13.3. The topological polar surface area (TPSA) is 140 Å². The molecule has 11 nitrogen and oxygen atoms in total. The Labute approximate surface area is 224 Å². The van der Waals surface area contributed by atoms with Crippen molar-refractivity contribution in [1.29, 1.82) is 0 Å². The SMILES string of the molecule is Cc1cc(C2(Nc3nnc(-c4ccc(OC5CC5)nc4C)o3)CC2)cc2c1CN(C1CCC(=O)NC1=O)C2=O. The Balaban J connectivity index is 1.10. The number of amides is 3. The molecule has 2 N–H and O–H groups in total. The maximum absolute atomic E-state index is 13.4. The van der Waals surface area contributed by atoms with Crippen molar-refractivity contribution >= 4 is 23.7 Å². The first kappa shape index (κ1) is 23.8. The molecule has 0 spiro atoms.